The summed E-state index contributed by atoms with van der Waals surface area (Å²) < 4.78 is 52.6. The van der Waals surface area contributed by atoms with Crippen molar-refractivity contribution in [2.24, 2.45) is 0 Å². The van der Waals surface area contributed by atoms with Crippen LogP contribution in [-0.2, 0) is 24.2 Å². The van der Waals surface area contributed by atoms with Gasteiger partial charge in [0.05, 0.1) is 15.5 Å². The van der Waals surface area contributed by atoms with Crippen LogP contribution in [-0.4, -0.2) is 44.6 Å². The van der Waals surface area contributed by atoms with Gasteiger partial charge >= 0.3 is 11.7 Å². The normalized spacial score (nSPS) is 12.2. The van der Waals surface area contributed by atoms with E-state index in [4.69, 9.17) is 16.3 Å². The third-order valence-electron chi connectivity index (χ3n) is 3.87. The number of esters is 1. The summed E-state index contributed by atoms with van der Waals surface area (Å²) >= 11 is 5.91. The van der Waals surface area contributed by atoms with Gasteiger partial charge in [0.2, 0.25) is 9.84 Å². The Kier molecular flexibility index (Phi) is 8.06. The van der Waals surface area contributed by atoms with Gasteiger partial charge in [-0.15, -0.1) is 0 Å². The topological polar surface area (TPSA) is 119 Å². The maximum atomic E-state index is 12.5. The maximum Gasteiger partial charge on any atom is 0.341 e. The van der Waals surface area contributed by atoms with Gasteiger partial charge in [-0.1, -0.05) is 23.7 Å². The second kappa shape index (κ2) is 10.3. The molecule has 0 aliphatic carbocycles. The van der Waals surface area contributed by atoms with Crippen molar-refractivity contribution in [1.82, 2.24) is 5.32 Å². The summed E-state index contributed by atoms with van der Waals surface area (Å²) in [7, 11) is -4.74. The molecule has 0 radical (unpaired) electrons. The summed E-state index contributed by atoms with van der Waals surface area (Å²) in [5.41, 5.74) is 0.271. The summed E-state index contributed by atoms with van der Waals surface area (Å²) in [5, 5.41) is 4.91. The molecule has 2 aromatic carbocycles. The molecule has 1 atom stereocenters. The Morgan fingerprint density at radius 2 is 1.68 bits per heavy atom. The summed E-state index contributed by atoms with van der Waals surface area (Å²) in [6, 6.07) is 9.20. The van der Waals surface area contributed by atoms with Crippen LogP contribution in [0.3, 0.4) is 0 Å². The average Bonchev–Trinajstić information content (AvgIpc) is 2.72. The highest BCUT2D eigenvalue weighted by Crippen LogP contribution is 2.20. The van der Waals surface area contributed by atoms with Crippen molar-refractivity contribution in [3.8, 4) is 0 Å². The fourth-order valence-corrected chi connectivity index (χ4v) is 3.21. The molecule has 0 fully saturated rings. The number of anilines is 1. The van der Waals surface area contributed by atoms with Gasteiger partial charge in [-0.2, -0.15) is 8.78 Å². The molecule has 0 aromatic heterocycles. The molecular formula is C19H17ClF2N2O6S. The number of sulfone groups is 1. The van der Waals surface area contributed by atoms with Gasteiger partial charge in [-0.3, -0.25) is 9.59 Å². The molecule has 31 heavy (non-hydrogen) atoms. The lowest BCUT2D eigenvalue weighted by Gasteiger charge is -2.14. The van der Waals surface area contributed by atoms with Crippen LogP contribution in [0.4, 0.5) is 14.5 Å². The fraction of sp³-hybridized carbons (Fsp3) is 0.211. The number of nitrogens with one attached hydrogen (secondary N) is 2. The van der Waals surface area contributed by atoms with Crippen LogP contribution >= 0.6 is 11.6 Å². The van der Waals surface area contributed by atoms with Crippen LogP contribution in [0.1, 0.15) is 17.3 Å². The fourth-order valence-electron chi connectivity index (χ4n) is 2.27. The van der Waals surface area contributed by atoms with Gasteiger partial charge in [-0.25, -0.2) is 13.2 Å². The Balaban J connectivity index is 1.86. The van der Waals surface area contributed by atoms with Crippen molar-refractivity contribution >= 4 is 44.9 Å². The van der Waals surface area contributed by atoms with Crippen LogP contribution in [0, 0.1) is 0 Å². The number of hydrogen-bond acceptors (Lipinski definition) is 6. The Bertz CT molecular complexity index is 1080. The molecule has 0 aliphatic heterocycles. The third-order valence-corrected chi connectivity index (χ3v) is 5.59. The molecule has 12 heteroatoms. The molecule has 0 bridgehead atoms. The summed E-state index contributed by atoms with van der Waals surface area (Å²) in [6.45, 7) is 0.666. The Hall–Kier alpha value is -3.05. The molecule has 2 aromatic rings. The molecule has 2 amide bonds. The highest BCUT2D eigenvalue weighted by atomic mass is 35.5. The van der Waals surface area contributed by atoms with Crippen molar-refractivity contribution < 1.29 is 36.3 Å². The number of halogens is 3. The van der Waals surface area contributed by atoms with E-state index in [0.717, 1.165) is 24.3 Å². The smallest absolute Gasteiger partial charge is 0.341 e. The number of carbonyl (C=O) groups excluding carboxylic acids is 3. The minimum atomic E-state index is -4.74. The van der Waals surface area contributed by atoms with Crippen LogP contribution in [0.15, 0.2) is 53.4 Å². The lowest BCUT2D eigenvalue weighted by molar-refractivity contribution is -0.148. The van der Waals surface area contributed by atoms with Crippen LogP contribution in [0.2, 0.25) is 5.02 Å². The van der Waals surface area contributed by atoms with Gasteiger partial charge in [0.1, 0.15) is 6.04 Å². The predicted molar refractivity (Wildman–Crippen MR) is 108 cm³/mol. The molecule has 8 nitrogen and oxygen atoms in total. The number of ether oxygens (including phenoxy) is 1. The van der Waals surface area contributed by atoms with Crippen LogP contribution < -0.4 is 10.6 Å². The number of carbonyl (C=O) groups is 3. The van der Waals surface area contributed by atoms with Crippen molar-refractivity contribution in [3.05, 3.63) is 59.1 Å². The van der Waals surface area contributed by atoms with Gasteiger partial charge < -0.3 is 15.4 Å². The quantitative estimate of drug-likeness (QED) is 0.568. The molecule has 0 heterocycles. The SMILES string of the molecule is C[C@H](NC(=O)c1ccccc1Cl)C(=O)OCC(=O)Nc1ccc(S(=O)(=O)C(F)F)cc1. The zero-order chi connectivity index (χ0) is 23.2. The maximum absolute atomic E-state index is 12.5. The number of rotatable bonds is 8. The summed E-state index contributed by atoms with van der Waals surface area (Å²) in [6.07, 6.45) is 0. The molecule has 0 aliphatic rings. The van der Waals surface area contributed by atoms with E-state index in [1.165, 1.54) is 19.1 Å². The lowest BCUT2D eigenvalue weighted by Crippen LogP contribution is -2.40. The molecule has 2 rings (SSSR count). The van der Waals surface area contributed by atoms with Gasteiger partial charge in [-0.05, 0) is 43.3 Å². The first kappa shape index (κ1) is 24.2. The number of hydrogen-bond donors (Lipinski definition) is 2. The van der Waals surface area contributed by atoms with Crippen molar-refractivity contribution in [2.45, 2.75) is 23.6 Å². The van der Waals surface area contributed by atoms with E-state index in [2.05, 4.69) is 10.6 Å². The Morgan fingerprint density at radius 1 is 1.06 bits per heavy atom. The van der Waals surface area contributed by atoms with Gasteiger partial charge in [0.15, 0.2) is 6.61 Å². The standard InChI is InChI=1S/C19H17ClF2N2O6S/c1-11(23-17(26)14-4-2-3-5-15(14)20)18(27)30-10-16(25)24-12-6-8-13(9-7-12)31(28,29)19(21)22/h2-9,11,19H,10H2,1H3,(H,23,26)(H,24,25)/t11-/m0/s1. The minimum absolute atomic E-state index is 0.106. The number of benzene rings is 2. The summed E-state index contributed by atoms with van der Waals surface area (Å²) in [4.78, 5) is 35.4. The molecular weight excluding hydrogens is 458 g/mol. The van der Waals surface area contributed by atoms with Crippen LogP contribution in [0.5, 0.6) is 0 Å². The highest BCUT2D eigenvalue weighted by molar-refractivity contribution is 7.91. The van der Waals surface area contributed by atoms with Gasteiger partial charge in [0, 0.05) is 5.69 Å². The van der Waals surface area contributed by atoms with E-state index in [-0.39, 0.29) is 16.3 Å². The first-order chi connectivity index (χ1) is 14.5. The predicted octanol–water partition coefficient (Wildman–Crippen LogP) is 2.64. The monoisotopic (exact) mass is 474 g/mol. The van der Waals surface area contributed by atoms with Crippen LogP contribution in [0.25, 0.3) is 0 Å². The van der Waals surface area contributed by atoms with E-state index in [9.17, 15) is 31.6 Å². The van der Waals surface area contributed by atoms with E-state index < -0.39 is 50.9 Å². The van der Waals surface area contributed by atoms with E-state index >= 15 is 0 Å². The van der Waals surface area contributed by atoms with E-state index in [0.29, 0.717) is 0 Å². The average molecular weight is 475 g/mol. The number of amides is 2. The highest BCUT2D eigenvalue weighted by Gasteiger charge is 2.26. The van der Waals surface area contributed by atoms with Crippen molar-refractivity contribution in [2.75, 3.05) is 11.9 Å². The lowest BCUT2D eigenvalue weighted by atomic mass is 10.2. The van der Waals surface area contributed by atoms with E-state index in [1.807, 2.05) is 0 Å². The third kappa shape index (κ3) is 6.46. The molecule has 0 saturated carbocycles. The van der Waals surface area contributed by atoms with Crippen molar-refractivity contribution in [3.63, 3.8) is 0 Å². The van der Waals surface area contributed by atoms with E-state index in [1.54, 1.807) is 12.1 Å². The molecule has 0 unspecified atom stereocenters. The first-order valence-corrected chi connectivity index (χ1v) is 10.6. The Morgan fingerprint density at radius 3 is 2.26 bits per heavy atom. The zero-order valence-corrected chi connectivity index (χ0v) is 17.5. The second-order valence-electron chi connectivity index (χ2n) is 6.16. The number of alkyl halides is 2. The molecule has 0 saturated heterocycles. The Labute approximate surface area is 181 Å². The zero-order valence-electron chi connectivity index (χ0n) is 16.0. The molecule has 166 valence electrons. The van der Waals surface area contributed by atoms with Gasteiger partial charge in [0.25, 0.3) is 11.8 Å². The largest absolute Gasteiger partial charge is 0.454 e. The minimum Gasteiger partial charge on any atom is -0.454 e. The van der Waals surface area contributed by atoms with Crippen molar-refractivity contribution in [1.29, 1.82) is 0 Å². The second-order valence-corrected chi connectivity index (χ2v) is 8.49. The molecule has 2 N–H and O–H groups in total. The summed E-state index contributed by atoms with van der Waals surface area (Å²) in [5.74, 6) is -5.80. The molecule has 0 spiro atoms. The first-order valence-electron chi connectivity index (χ1n) is 8.66.